The van der Waals surface area contributed by atoms with Crippen molar-refractivity contribution in [3.63, 3.8) is 0 Å². The van der Waals surface area contributed by atoms with Crippen LogP contribution in [0.2, 0.25) is 0 Å². The van der Waals surface area contributed by atoms with Crippen molar-refractivity contribution in [1.82, 2.24) is 5.43 Å². The molecule has 3 nitrogen and oxygen atoms in total. The fraction of sp³-hybridized carbons (Fsp3) is 0.571. The quantitative estimate of drug-likeness (QED) is 0.569. The number of benzene rings is 1. The van der Waals surface area contributed by atoms with Crippen molar-refractivity contribution in [2.75, 3.05) is 18.6 Å². The number of halogens is 1. The highest BCUT2D eigenvalue weighted by molar-refractivity contribution is 7.99. The van der Waals surface area contributed by atoms with Gasteiger partial charge in [0.15, 0.2) is 11.6 Å². The van der Waals surface area contributed by atoms with Crippen LogP contribution in [0.5, 0.6) is 5.75 Å². The lowest BCUT2D eigenvalue weighted by Crippen LogP contribution is -2.39. The molecule has 0 amide bonds. The third-order valence-electron chi connectivity index (χ3n) is 2.74. The van der Waals surface area contributed by atoms with Gasteiger partial charge in [-0.15, -0.1) is 0 Å². The van der Waals surface area contributed by atoms with Crippen molar-refractivity contribution in [1.29, 1.82) is 0 Å². The maximum Gasteiger partial charge on any atom is 0.168 e. The summed E-state index contributed by atoms with van der Waals surface area (Å²) in [6.45, 7) is 4.36. The van der Waals surface area contributed by atoms with Crippen LogP contribution in [0.4, 0.5) is 4.39 Å². The predicted molar refractivity (Wildman–Crippen MR) is 79.9 cm³/mol. The molecule has 0 saturated carbocycles. The Bertz CT molecular complexity index is 388. The number of hydrazine groups is 1. The number of rotatable bonds is 8. The van der Waals surface area contributed by atoms with E-state index >= 15 is 0 Å². The Hall–Kier alpha value is -0.780. The van der Waals surface area contributed by atoms with E-state index < -0.39 is 0 Å². The molecule has 0 spiro atoms. The normalized spacial score (nSPS) is 12.7. The Balaban J connectivity index is 2.60. The largest absolute Gasteiger partial charge is 0.494 e. The summed E-state index contributed by atoms with van der Waals surface area (Å²) in [4.78, 5) is 0. The zero-order valence-corrected chi connectivity index (χ0v) is 12.6. The first-order chi connectivity index (χ1) is 9.08. The molecule has 1 unspecified atom stereocenters. The molecule has 19 heavy (non-hydrogen) atoms. The standard InChI is InChI=1S/C14H23FN2OS/c1-10(2)8-19-9-12(17-16)7-11-5-4-6-13(18-3)14(11)15/h4-6,10,12,17H,7-9,16H2,1-3H3. The Kier molecular flexibility index (Phi) is 7.20. The molecule has 108 valence electrons. The van der Waals surface area contributed by atoms with Crippen LogP contribution in [-0.4, -0.2) is 24.7 Å². The number of nitrogens with two attached hydrogens (primary N) is 1. The lowest BCUT2D eigenvalue weighted by Gasteiger charge is -2.17. The lowest BCUT2D eigenvalue weighted by molar-refractivity contribution is 0.383. The molecule has 0 saturated heterocycles. The molecule has 0 bridgehead atoms. The van der Waals surface area contributed by atoms with Gasteiger partial charge in [-0.25, -0.2) is 4.39 Å². The molecule has 0 heterocycles. The van der Waals surface area contributed by atoms with E-state index in [1.807, 2.05) is 11.8 Å². The summed E-state index contributed by atoms with van der Waals surface area (Å²) >= 11 is 1.83. The second-order valence-corrected chi connectivity index (χ2v) is 6.01. The molecular formula is C14H23FN2OS. The number of ether oxygens (including phenoxy) is 1. The van der Waals surface area contributed by atoms with Gasteiger partial charge < -0.3 is 4.74 Å². The summed E-state index contributed by atoms with van der Waals surface area (Å²) in [5.41, 5.74) is 3.39. The van der Waals surface area contributed by atoms with E-state index in [9.17, 15) is 4.39 Å². The van der Waals surface area contributed by atoms with Gasteiger partial charge in [-0.1, -0.05) is 26.0 Å². The van der Waals surface area contributed by atoms with E-state index in [4.69, 9.17) is 10.6 Å². The first-order valence-corrected chi connectivity index (χ1v) is 7.59. The average Bonchev–Trinajstić information content (AvgIpc) is 2.39. The van der Waals surface area contributed by atoms with Crippen LogP contribution in [-0.2, 0) is 6.42 Å². The highest BCUT2D eigenvalue weighted by Crippen LogP contribution is 2.21. The van der Waals surface area contributed by atoms with Crippen molar-refractivity contribution in [2.45, 2.75) is 26.3 Å². The van der Waals surface area contributed by atoms with E-state index in [-0.39, 0.29) is 17.6 Å². The molecule has 1 rings (SSSR count). The van der Waals surface area contributed by atoms with E-state index in [2.05, 4.69) is 19.3 Å². The number of thioether (sulfide) groups is 1. The molecule has 1 atom stereocenters. The maximum absolute atomic E-state index is 14.0. The maximum atomic E-state index is 14.0. The number of methoxy groups -OCH3 is 1. The van der Waals surface area contributed by atoms with Crippen molar-refractivity contribution in [3.05, 3.63) is 29.6 Å². The van der Waals surface area contributed by atoms with Crippen LogP contribution in [0.25, 0.3) is 0 Å². The van der Waals surface area contributed by atoms with E-state index in [1.165, 1.54) is 7.11 Å². The minimum Gasteiger partial charge on any atom is -0.494 e. The molecule has 0 fully saturated rings. The summed E-state index contributed by atoms with van der Waals surface area (Å²) in [5.74, 6) is 8.13. The van der Waals surface area contributed by atoms with Gasteiger partial charge in [0.1, 0.15) is 0 Å². The molecule has 0 aliphatic rings. The number of hydrogen-bond donors (Lipinski definition) is 2. The van der Waals surface area contributed by atoms with Crippen LogP contribution in [0.3, 0.4) is 0 Å². The van der Waals surface area contributed by atoms with Gasteiger partial charge in [0, 0.05) is 11.8 Å². The lowest BCUT2D eigenvalue weighted by atomic mass is 10.1. The van der Waals surface area contributed by atoms with Crippen LogP contribution in [0, 0.1) is 11.7 Å². The highest BCUT2D eigenvalue weighted by Gasteiger charge is 2.14. The van der Waals surface area contributed by atoms with Crippen molar-refractivity contribution in [2.24, 2.45) is 11.8 Å². The summed E-state index contributed by atoms with van der Waals surface area (Å²) in [7, 11) is 1.47. The van der Waals surface area contributed by atoms with E-state index in [0.29, 0.717) is 17.9 Å². The summed E-state index contributed by atoms with van der Waals surface area (Å²) in [6, 6.07) is 5.25. The summed E-state index contributed by atoms with van der Waals surface area (Å²) < 4.78 is 19.0. The molecule has 0 aliphatic carbocycles. The molecular weight excluding hydrogens is 263 g/mol. The third kappa shape index (κ3) is 5.38. The van der Waals surface area contributed by atoms with Crippen molar-refractivity contribution in [3.8, 4) is 5.75 Å². The second-order valence-electron chi connectivity index (χ2n) is 4.93. The monoisotopic (exact) mass is 286 g/mol. The summed E-state index contributed by atoms with van der Waals surface area (Å²) in [5, 5.41) is 0. The topological polar surface area (TPSA) is 47.3 Å². The van der Waals surface area contributed by atoms with Gasteiger partial charge in [-0.05, 0) is 29.7 Å². The number of nitrogens with one attached hydrogen (secondary N) is 1. The predicted octanol–water partition coefficient (Wildman–Crippen LogP) is 2.60. The molecule has 0 aromatic heterocycles. The Morgan fingerprint density at radius 3 is 2.68 bits per heavy atom. The zero-order chi connectivity index (χ0) is 14.3. The zero-order valence-electron chi connectivity index (χ0n) is 11.8. The van der Waals surface area contributed by atoms with E-state index in [0.717, 1.165) is 11.5 Å². The fourth-order valence-electron chi connectivity index (χ4n) is 1.75. The molecule has 1 aromatic carbocycles. The minimum absolute atomic E-state index is 0.0605. The van der Waals surface area contributed by atoms with Gasteiger partial charge in [0.05, 0.1) is 7.11 Å². The fourth-order valence-corrected chi connectivity index (χ4v) is 2.86. The van der Waals surface area contributed by atoms with E-state index in [1.54, 1.807) is 18.2 Å². The molecule has 5 heteroatoms. The van der Waals surface area contributed by atoms with Crippen LogP contribution >= 0.6 is 11.8 Å². The van der Waals surface area contributed by atoms with Gasteiger partial charge in [-0.2, -0.15) is 11.8 Å². The van der Waals surface area contributed by atoms with Crippen molar-refractivity contribution < 1.29 is 9.13 Å². The molecule has 0 radical (unpaired) electrons. The Morgan fingerprint density at radius 1 is 1.37 bits per heavy atom. The van der Waals surface area contributed by atoms with Crippen LogP contribution in [0.1, 0.15) is 19.4 Å². The molecule has 3 N–H and O–H groups in total. The van der Waals surface area contributed by atoms with Gasteiger partial charge >= 0.3 is 0 Å². The summed E-state index contributed by atoms with van der Waals surface area (Å²) in [6.07, 6.45) is 0.560. The first-order valence-electron chi connectivity index (χ1n) is 6.43. The smallest absolute Gasteiger partial charge is 0.168 e. The third-order valence-corrected chi connectivity index (χ3v) is 4.28. The second kappa shape index (κ2) is 8.40. The molecule has 0 aliphatic heterocycles. The number of hydrogen-bond acceptors (Lipinski definition) is 4. The Labute approximate surface area is 119 Å². The van der Waals surface area contributed by atoms with Gasteiger partial charge in [-0.3, -0.25) is 11.3 Å². The first kappa shape index (κ1) is 16.3. The van der Waals surface area contributed by atoms with Gasteiger partial charge in [0.25, 0.3) is 0 Å². The van der Waals surface area contributed by atoms with Crippen LogP contribution < -0.4 is 16.0 Å². The Morgan fingerprint density at radius 2 is 2.11 bits per heavy atom. The van der Waals surface area contributed by atoms with Crippen molar-refractivity contribution >= 4 is 11.8 Å². The SMILES string of the molecule is COc1cccc(CC(CSCC(C)C)NN)c1F. The highest BCUT2D eigenvalue weighted by atomic mass is 32.2. The minimum atomic E-state index is -0.292. The van der Waals surface area contributed by atoms with Gasteiger partial charge in [0.2, 0.25) is 0 Å². The average molecular weight is 286 g/mol. The molecule has 1 aromatic rings. The van der Waals surface area contributed by atoms with Crippen LogP contribution in [0.15, 0.2) is 18.2 Å².